The summed E-state index contributed by atoms with van der Waals surface area (Å²) in [6.07, 6.45) is 1.21. The first-order chi connectivity index (χ1) is 9.17. The molecule has 0 bridgehead atoms. The first-order valence-electron chi connectivity index (χ1n) is 7.35. The molecule has 19 heavy (non-hydrogen) atoms. The first-order valence-corrected chi connectivity index (χ1v) is 7.35. The van der Waals surface area contributed by atoms with Crippen LogP contribution in [0, 0.1) is 5.92 Å². The number of aryl methyl sites for hydroxylation is 1. The van der Waals surface area contributed by atoms with Crippen molar-refractivity contribution in [3.05, 3.63) is 30.0 Å². The Balaban J connectivity index is 2.17. The summed E-state index contributed by atoms with van der Waals surface area (Å²) in [7, 11) is 0. The third-order valence-electron chi connectivity index (χ3n) is 4.12. The van der Waals surface area contributed by atoms with E-state index >= 15 is 0 Å². The van der Waals surface area contributed by atoms with Crippen LogP contribution in [0.4, 0.5) is 0 Å². The number of nitrogens with one attached hydrogen (secondary N) is 1. The lowest BCUT2D eigenvalue weighted by Gasteiger charge is -2.19. The SMILES string of the molecule is CCC(C)C(C)NCc1nn(CC)c2ccccc12. The molecule has 2 aromatic rings. The van der Waals surface area contributed by atoms with Crippen LogP contribution in [0.2, 0.25) is 0 Å². The molecule has 0 fully saturated rings. The van der Waals surface area contributed by atoms with Gasteiger partial charge in [-0.15, -0.1) is 0 Å². The van der Waals surface area contributed by atoms with E-state index in [4.69, 9.17) is 5.10 Å². The summed E-state index contributed by atoms with van der Waals surface area (Å²) in [5.74, 6) is 0.694. The fourth-order valence-electron chi connectivity index (χ4n) is 2.38. The Hall–Kier alpha value is -1.35. The normalized spacial score (nSPS) is 14.7. The molecule has 3 nitrogen and oxygen atoms in total. The van der Waals surface area contributed by atoms with Gasteiger partial charge in [-0.05, 0) is 25.8 Å². The van der Waals surface area contributed by atoms with Gasteiger partial charge in [0.1, 0.15) is 0 Å². The standard InChI is InChI=1S/C16H25N3/c1-5-12(3)13(4)17-11-15-14-9-7-8-10-16(14)19(6-2)18-15/h7-10,12-13,17H,5-6,11H2,1-4H3. The van der Waals surface area contributed by atoms with Gasteiger partial charge in [0.2, 0.25) is 0 Å². The van der Waals surface area contributed by atoms with Crippen molar-refractivity contribution >= 4 is 10.9 Å². The minimum absolute atomic E-state index is 0.524. The quantitative estimate of drug-likeness (QED) is 0.859. The van der Waals surface area contributed by atoms with Gasteiger partial charge in [0, 0.05) is 24.5 Å². The van der Waals surface area contributed by atoms with E-state index in [0.29, 0.717) is 12.0 Å². The van der Waals surface area contributed by atoms with Gasteiger partial charge in [0.25, 0.3) is 0 Å². The Morgan fingerprint density at radius 3 is 2.63 bits per heavy atom. The zero-order valence-electron chi connectivity index (χ0n) is 12.5. The second kappa shape index (κ2) is 6.20. The van der Waals surface area contributed by atoms with Crippen LogP contribution >= 0.6 is 0 Å². The number of nitrogens with zero attached hydrogens (tertiary/aromatic N) is 2. The van der Waals surface area contributed by atoms with Crippen molar-refractivity contribution in [3.8, 4) is 0 Å². The second-order valence-corrected chi connectivity index (χ2v) is 5.33. The number of hydrogen-bond donors (Lipinski definition) is 1. The van der Waals surface area contributed by atoms with E-state index < -0.39 is 0 Å². The fourth-order valence-corrected chi connectivity index (χ4v) is 2.38. The summed E-state index contributed by atoms with van der Waals surface area (Å²) < 4.78 is 2.08. The predicted octanol–water partition coefficient (Wildman–Crippen LogP) is 3.58. The van der Waals surface area contributed by atoms with E-state index in [1.165, 1.54) is 17.3 Å². The Morgan fingerprint density at radius 2 is 1.95 bits per heavy atom. The maximum atomic E-state index is 4.72. The summed E-state index contributed by atoms with van der Waals surface area (Å²) in [4.78, 5) is 0. The van der Waals surface area contributed by atoms with Crippen LogP contribution in [0.1, 0.15) is 39.8 Å². The molecule has 0 radical (unpaired) electrons. The van der Waals surface area contributed by atoms with Crippen LogP contribution in [0.15, 0.2) is 24.3 Å². The zero-order chi connectivity index (χ0) is 13.8. The van der Waals surface area contributed by atoms with Gasteiger partial charge in [-0.25, -0.2) is 0 Å². The number of benzene rings is 1. The predicted molar refractivity (Wildman–Crippen MR) is 81.2 cm³/mol. The molecule has 0 aliphatic carbocycles. The van der Waals surface area contributed by atoms with Gasteiger partial charge in [0.15, 0.2) is 0 Å². The Kier molecular flexibility index (Phi) is 4.59. The number of aromatic nitrogens is 2. The van der Waals surface area contributed by atoms with Crippen LogP contribution in [0.3, 0.4) is 0 Å². The number of para-hydroxylation sites is 1. The molecule has 104 valence electrons. The van der Waals surface area contributed by atoms with E-state index in [0.717, 1.165) is 18.8 Å². The van der Waals surface area contributed by atoms with Crippen LogP contribution in [-0.4, -0.2) is 15.8 Å². The summed E-state index contributed by atoms with van der Waals surface area (Å²) in [6, 6.07) is 9.00. The lowest BCUT2D eigenvalue weighted by Crippen LogP contribution is -2.31. The highest BCUT2D eigenvalue weighted by molar-refractivity contribution is 5.81. The van der Waals surface area contributed by atoms with Gasteiger partial charge in [-0.2, -0.15) is 5.10 Å². The van der Waals surface area contributed by atoms with E-state index in [-0.39, 0.29) is 0 Å². The summed E-state index contributed by atoms with van der Waals surface area (Å²) >= 11 is 0. The third-order valence-corrected chi connectivity index (χ3v) is 4.12. The number of rotatable bonds is 6. The summed E-state index contributed by atoms with van der Waals surface area (Å²) in [6.45, 7) is 10.7. The average molecular weight is 259 g/mol. The highest BCUT2D eigenvalue weighted by Gasteiger charge is 2.12. The summed E-state index contributed by atoms with van der Waals surface area (Å²) in [5, 5.41) is 9.59. The Labute approximate surface area is 116 Å². The molecular weight excluding hydrogens is 234 g/mol. The molecule has 2 unspecified atom stereocenters. The van der Waals surface area contributed by atoms with Crippen molar-refractivity contribution in [2.45, 2.75) is 53.2 Å². The first kappa shape index (κ1) is 14.1. The molecule has 3 heteroatoms. The van der Waals surface area contributed by atoms with Gasteiger partial charge in [-0.1, -0.05) is 38.5 Å². The molecule has 0 aliphatic heterocycles. The highest BCUT2D eigenvalue weighted by Crippen LogP contribution is 2.18. The Bertz CT molecular complexity index is 530. The van der Waals surface area contributed by atoms with Crippen LogP contribution in [0.25, 0.3) is 10.9 Å². The van der Waals surface area contributed by atoms with E-state index in [2.05, 4.69) is 62.0 Å². The van der Waals surface area contributed by atoms with Crippen LogP contribution < -0.4 is 5.32 Å². The topological polar surface area (TPSA) is 29.9 Å². The third kappa shape index (κ3) is 2.98. The minimum atomic E-state index is 0.524. The molecule has 1 N–H and O–H groups in total. The molecule has 1 heterocycles. The van der Waals surface area contributed by atoms with Gasteiger partial charge < -0.3 is 5.32 Å². The largest absolute Gasteiger partial charge is 0.308 e. The molecule has 2 atom stereocenters. The molecule has 0 saturated carbocycles. The zero-order valence-corrected chi connectivity index (χ0v) is 12.5. The van der Waals surface area contributed by atoms with Crippen molar-refractivity contribution in [2.24, 2.45) is 5.92 Å². The van der Waals surface area contributed by atoms with Crippen LogP contribution in [0.5, 0.6) is 0 Å². The van der Waals surface area contributed by atoms with Gasteiger partial charge in [-0.3, -0.25) is 4.68 Å². The molecule has 0 saturated heterocycles. The molecule has 1 aromatic heterocycles. The second-order valence-electron chi connectivity index (χ2n) is 5.33. The maximum absolute atomic E-state index is 4.72. The molecule has 1 aromatic carbocycles. The van der Waals surface area contributed by atoms with E-state index in [9.17, 15) is 0 Å². The van der Waals surface area contributed by atoms with E-state index in [1.54, 1.807) is 0 Å². The Morgan fingerprint density at radius 1 is 1.21 bits per heavy atom. The van der Waals surface area contributed by atoms with Crippen molar-refractivity contribution in [1.82, 2.24) is 15.1 Å². The minimum Gasteiger partial charge on any atom is -0.308 e. The van der Waals surface area contributed by atoms with Crippen molar-refractivity contribution < 1.29 is 0 Å². The number of hydrogen-bond acceptors (Lipinski definition) is 2. The smallest absolute Gasteiger partial charge is 0.0841 e. The molecular formula is C16H25N3. The number of fused-ring (bicyclic) bond motifs is 1. The average Bonchev–Trinajstić information content (AvgIpc) is 2.82. The monoisotopic (exact) mass is 259 g/mol. The van der Waals surface area contributed by atoms with Gasteiger partial charge in [0.05, 0.1) is 11.2 Å². The molecule has 2 rings (SSSR count). The van der Waals surface area contributed by atoms with Crippen molar-refractivity contribution in [3.63, 3.8) is 0 Å². The van der Waals surface area contributed by atoms with E-state index in [1.807, 2.05) is 0 Å². The lowest BCUT2D eigenvalue weighted by atomic mass is 10.0. The van der Waals surface area contributed by atoms with Crippen LogP contribution in [-0.2, 0) is 13.1 Å². The lowest BCUT2D eigenvalue weighted by molar-refractivity contribution is 0.387. The van der Waals surface area contributed by atoms with Crippen molar-refractivity contribution in [1.29, 1.82) is 0 Å². The molecule has 0 spiro atoms. The summed E-state index contributed by atoms with van der Waals surface area (Å²) in [5.41, 5.74) is 2.39. The molecule has 0 amide bonds. The highest BCUT2D eigenvalue weighted by atomic mass is 15.3. The van der Waals surface area contributed by atoms with Crippen molar-refractivity contribution in [2.75, 3.05) is 0 Å². The van der Waals surface area contributed by atoms with Gasteiger partial charge >= 0.3 is 0 Å². The molecule has 0 aliphatic rings. The fraction of sp³-hybridized carbons (Fsp3) is 0.562. The maximum Gasteiger partial charge on any atom is 0.0841 e.